The van der Waals surface area contributed by atoms with Crippen molar-refractivity contribution in [1.82, 2.24) is 9.97 Å². The van der Waals surface area contributed by atoms with E-state index in [1.54, 1.807) is 0 Å². The van der Waals surface area contributed by atoms with Crippen molar-refractivity contribution in [2.45, 2.75) is 19.8 Å². The fraction of sp³-hybridized carbons (Fsp3) is 0.308. The van der Waals surface area contributed by atoms with Gasteiger partial charge in [-0.15, -0.1) is 0 Å². The van der Waals surface area contributed by atoms with Crippen LogP contribution in [0.4, 0.5) is 5.95 Å². The van der Waals surface area contributed by atoms with Gasteiger partial charge in [0.15, 0.2) is 5.95 Å². The van der Waals surface area contributed by atoms with Crippen LogP contribution in [0, 0.1) is 6.92 Å². The molecule has 0 saturated carbocycles. The predicted molar refractivity (Wildman–Crippen MR) is 66.7 cm³/mol. The van der Waals surface area contributed by atoms with Crippen LogP contribution in [-0.4, -0.2) is 17.0 Å². The molecule has 84 valence electrons. The normalized spacial score (nSPS) is 10.4. The van der Waals surface area contributed by atoms with Gasteiger partial charge >= 0.3 is 0 Å². The third kappa shape index (κ3) is 2.63. The molecule has 3 heteroatoms. The average molecular weight is 215 g/mol. The summed E-state index contributed by atoms with van der Waals surface area (Å²) in [6.45, 7) is 2.12. The van der Waals surface area contributed by atoms with Crippen LogP contribution < -0.4 is 5.32 Å². The van der Waals surface area contributed by atoms with E-state index in [1.165, 1.54) is 16.8 Å². The van der Waals surface area contributed by atoms with E-state index in [9.17, 15) is 0 Å². The number of hydrogen-bond donors (Lipinski definition) is 2. The zero-order chi connectivity index (χ0) is 11.4. The number of aryl methyl sites for hydroxylation is 3. The van der Waals surface area contributed by atoms with Crippen LogP contribution in [0.1, 0.15) is 16.8 Å². The molecule has 0 saturated heterocycles. The van der Waals surface area contributed by atoms with E-state index in [0.29, 0.717) is 0 Å². The number of hydrogen-bond acceptors (Lipinski definition) is 2. The topological polar surface area (TPSA) is 40.7 Å². The highest BCUT2D eigenvalue weighted by Gasteiger charge is 1.99. The summed E-state index contributed by atoms with van der Waals surface area (Å²) in [6, 6.07) is 8.63. The van der Waals surface area contributed by atoms with E-state index in [0.717, 1.165) is 18.8 Å². The Morgan fingerprint density at radius 2 is 2.19 bits per heavy atom. The summed E-state index contributed by atoms with van der Waals surface area (Å²) in [4.78, 5) is 7.42. The number of aromatic amines is 1. The lowest BCUT2D eigenvalue weighted by Crippen LogP contribution is -1.93. The van der Waals surface area contributed by atoms with Crippen molar-refractivity contribution < 1.29 is 0 Å². The van der Waals surface area contributed by atoms with Crippen LogP contribution in [0.25, 0.3) is 0 Å². The van der Waals surface area contributed by atoms with Gasteiger partial charge in [0.25, 0.3) is 0 Å². The standard InChI is InChI=1S/C13H17N3/c1-10-4-3-5-11(8-10)6-7-12-9-15-13(14-2)16-12/h3-5,8-9H,6-7H2,1-2H3,(H2,14,15,16). The van der Waals surface area contributed by atoms with Gasteiger partial charge in [0.2, 0.25) is 0 Å². The summed E-state index contributed by atoms with van der Waals surface area (Å²) < 4.78 is 0. The second kappa shape index (κ2) is 4.84. The smallest absolute Gasteiger partial charge is 0.200 e. The molecule has 0 aliphatic heterocycles. The lowest BCUT2D eigenvalue weighted by atomic mass is 10.1. The van der Waals surface area contributed by atoms with Gasteiger partial charge in [-0.05, 0) is 25.3 Å². The summed E-state index contributed by atoms with van der Waals surface area (Å²) in [5, 5.41) is 2.99. The lowest BCUT2D eigenvalue weighted by molar-refractivity contribution is 0.924. The maximum atomic E-state index is 4.20. The largest absolute Gasteiger partial charge is 0.359 e. The molecule has 2 aromatic rings. The van der Waals surface area contributed by atoms with Crippen molar-refractivity contribution in [1.29, 1.82) is 0 Å². The molecule has 0 fully saturated rings. The SMILES string of the molecule is CNc1ncc(CCc2cccc(C)c2)[nH]1. The minimum Gasteiger partial charge on any atom is -0.359 e. The summed E-state index contributed by atoms with van der Waals surface area (Å²) >= 11 is 0. The lowest BCUT2D eigenvalue weighted by Gasteiger charge is -2.01. The number of H-pyrrole nitrogens is 1. The molecule has 1 heterocycles. The highest BCUT2D eigenvalue weighted by molar-refractivity contribution is 5.26. The van der Waals surface area contributed by atoms with Crippen molar-refractivity contribution in [2.24, 2.45) is 0 Å². The molecule has 16 heavy (non-hydrogen) atoms. The predicted octanol–water partition coefficient (Wildman–Crippen LogP) is 2.55. The number of benzene rings is 1. The Morgan fingerprint density at radius 3 is 2.88 bits per heavy atom. The van der Waals surface area contributed by atoms with Gasteiger partial charge in [-0.2, -0.15) is 0 Å². The molecule has 0 bridgehead atoms. The zero-order valence-corrected chi connectivity index (χ0v) is 9.75. The van der Waals surface area contributed by atoms with Crippen molar-refractivity contribution >= 4 is 5.95 Å². The number of imidazole rings is 1. The van der Waals surface area contributed by atoms with Gasteiger partial charge < -0.3 is 10.3 Å². The Hall–Kier alpha value is -1.77. The zero-order valence-electron chi connectivity index (χ0n) is 9.75. The van der Waals surface area contributed by atoms with E-state index in [2.05, 4.69) is 46.5 Å². The average Bonchev–Trinajstić information content (AvgIpc) is 2.74. The van der Waals surface area contributed by atoms with Crippen molar-refractivity contribution in [3.63, 3.8) is 0 Å². The van der Waals surface area contributed by atoms with E-state index < -0.39 is 0 Å². The highest BCUT2D eigenvalue weighted by Crippen LogP contribution is 2.09. The Bertz CT molecular complexity index is 460. The third-order valence-electron chi connectivity index (χ3n) is 2.63. The van der Waals surface area contributed by atoms with E-state index in [1.807, 2.05) is 13.2 Å². The number of rotatable bonds is 4. The molecule has 2 rings (SSSR count). The van der Waals surface area contributed by atoms with Crippen molar-refractivity contribution in [3.8, 4) is 0 Å². The minimum absolute atomic E-state index is 0.833. The van der Waals surface area contributed by atoms with Gasteiger partial charge in [0, 0.05) is 12.7 Å². The van der Waals surface area contributed by atoms with Gasteiger partial charge in [-0.25, -0.2) is 4.98 Å². The quantitative estimate of drug-likeness (QED) is 0.823. The molecule has 0 unspecified atom stereocenters. The molecule has 0 radical (unpaired) electrons. The van der Waals surface area contributed by atoms with Crippen LogP contribution >= 0.6 is 0 Å². The fourth-order valence-corrected chi connectivity index (χ4v) is 1.76. The maximum Gasteiger partial charge on any atom is 0.200 e. The van der Waals surface area contributed by atoms with Gasteiger partial charge in [-0.3, -0.25) is 0 Å². The molecule has 1 aromatic carbocycles. The van der Waals surface area contributed by atoms with Crippen LogP contribution in [0.15, 0.2) is 30.5 Å². The number of anilines is 1. The highest BCUT2D eigenvalue weighted by atomic mass is 15.1. The molecule has 0 aliphatic rings. The second-order valence-corrected chi connectivity index (χ2v) is 4.00. The first-order valence-electron chi connectivity index (χ1n) is 5.55. The summed E-state index contributed by atoms with van der Waals surface area (Å²) in [7, 11) is 1.86. The molecule has 2 N–H and O–H groups in total. The molecule has 1 aromatic heterocycles. The molecule has 3 nitrogen and oxygen atoms in total. The van der Waals surface area contributed by atoms with Gasteiger partial charge in [-0.1, -0.05) is 29.8 Å². The summed E-state index contributed by atoms with van der Waals surface area (Å²) in [6.07, 6.45) is 3.94. The number of aromatic nitrogens is 2. The monoisotopic (exact) mass is 215 g/mol. The minimum atomic E-state index is 0.833. The van der Waals surface area contributed by atoms with E-state index in [-0.39, 0.29) is 0 Å². The number of nitrogens with one attached hydrogen (secondary N) is 2. The Balaban J connectivity index is 1.96. The van der Waals surface area contributed by atoms with E-state index in [4.69, 9.17) is 0 Å². The van der Waals surface area contributed by atoms with Crippen molar-refractivity contribution in [2.75, 3.05) is 12.4 Å². The fourth-order valence-electron chi connectivity index (χ4n) is 1.76. The molecule has 0 aliphatic carbocycles. The van der Waals surface area contributed by atoms with Crippen LogP contribution in [0.5, 0.6) is 0 Å². The molecular formula is C13H17N3. The van der Waals surface area contributed by atoms with Crippen molar-refractivity contribution in [3.05, 3.63) is 47.3 Å². The summed E-state index contributed by atoms with van der Waals surface area (Å²) in [5.74, 6) is 0.833. The van der Waals surface area contributed by atoms with Gasteiger partial charge in [0.05, 0.1) is 6.20 Å². The first-order valence-corrected chi connectivity index (χ1v) is 5.55. The Labute approximate surface area is 95.9 Å². The first-order chi connectivity index (χ1) is 7.78. The van der Waals surface area contributed by atoms with E-state index >= 15 is 0 Å². The first kappa shape index (κ1) is 10.7. The summed E-state index contributed by atoms with van der Waals surface area (Å²) in [5.41, 5.74) is 3.87. The third-order valence-corrected chi connectivity index (χ3v) is 2.63. The Kier molecular flexibility index (Phi) is 3.25. The maximum absolute atomic E-state index is 4.20. The second-order valence-electron chi connectivity index (χ2n) is 4.00. The van der Waals surface area contributed by atoms with Crippen LogP contribution in [0.2, 0.25) is 0 Å². The van der Waals surface area contributed by atoms with Gasteiger partial charge in [0.1, 0.15) is 0 Å². The van der Waals surface area contributed by atoms with Crippen LogP contribution in [0.3, 0.4) is 0 Å². The molecule has 0 amide bonds. The number of nitrogens with zero attached hydrogens (tertiary/aromatic N) is 1. The molecule has 0 atom stereocenters. The molecule has 0 spiro atoms. The molecular weight excluding hydrogens is 198 g/mol. The Morgan fingerprint density at radius 1 is 1.31 bits per heavy atom. The van der Waals surface area contributed by atoms with Crippen LogP contribution in [-0.2, 0) is 12.8 Å².